The van der Waals surface area contributed by atoms with Crippen LogP contribution in [-0.2, 0) is 33.6 Å². The SMILES string of the molecule is CCOC(=O)C1(CNC2CCc3cc(/C(C)=N/OCc4ccc(C5CCCCC5)c(C(F)(F)F)c4)ccc32)CC1. The predicted octanol–water partition coefficient (Wildman–Crippen LogP) is 7.61. The highest BCUT2D eigenvalue weighted by atomic mass is 19.4. The summed E-state index contributed by atoms with van der Waals surface area (Å²) in [5.41, 5.74) is 4.03. The second kappa shape index (κ2) is 11.9. The fourth-order valence-electron chi connectivity index (χ4n) is 6.23. The van der Waals surface area contributed by atoms with Crippen LogP contribution in [0.25, 0.3) is 0 Å². The van der Waals surface area contributed by atoms with Gasteiger partial charge in [0, 0.05) is 12.6 Å². The van der Waals surface area contributed by atoms with Gasteiger partial charge in [0.15, 0.2) is 0 Å². The molecular weight excluding hydrogens is 517 g/mol. The molecule has 1 unspecified atom stereocenters. The molecule has 0 amide bonds. The van der Waals surface area contributed by atoms with E-state index in [0.717, 1.165) is 63.4 Å². The Bertz CT molecular complexity index is 1250. The molecule has 0 heterocycles. The lowest BCUT2D eigenvalue weighted by Crippen LogP contribution is -2.33. The first kappa shape index (κ1) is 28.7. The van der Waals surface area contributed by atoms with Crippen molar-refractivity contribution in [1.29, 1.82) is 0 Å². The predicted molar refractivity (Wildman–Crippen MR) is 148 cm³/mol. The number of carbonyl (C=O) groups is 1. The normalized spacial score (nSPS) is 20.7. The van der Waals surface area contributed by atoms with Gasteiger partial charge < -0.3 is 14.9 Å². The number of carbonyl (C=O) groups excluding carboxylic acids is 1. The van der Waals surface area contributed by atoms with Gasteiger partial charge in [-0.2, -0.15) is 13.2 Å². The number of nitrogens with one attached hydrogen (secondary N) is 1. The van der Waals surface area contributed by atoms with Crippen LogP contribution in [0.15, 0.2) is 41.6 Å². The lowest BCUT2D eigenvalue weighted by molar-refractivity contribution is -0.149. The van der Waals surface area contributed by atoms with Crippen LogP contribution in [0.4, 0.5) is 13.2 Å². The first-order valence-corrected chi connectivity index (χ1v) is 14.6. The summed E-state index contributed by atoms with van der Waals surface area (Å²) >= 11 is 0. The zero-order valence-electron chi connectivity index (χ0n) is 23.4. The molecule has 2 aromatic rings. The number of hydrogen-bond donors (Lipinski definition) is 1. The summed E-state index contributed by atoms with van der Waals surface area (Å²) in [6.07, 6.45) is 3.93. The Hall–Kier alpha value is -2.87. The number of esters is 1. The van der Waals surface area contributed by atoms with E-state index < -0.39 is 11.7 Å². The summed E-state index contributed by atoms with van der Waals surface area (Å²) in [5.74, 6) is -0.125. The largest absolute Gasteiger partial charge is 0.466 e. The Morgan fingerprint density at radius 2 is 1.80 bits per heavy atom. The van der Waals surface area contributed by atoms with Crippen molar-refractivity contribution in [1.82, 2.24) is 5.32 Å². The van der Waals surface area contributed by atoms with Crippen LogP contribution >= 0.6 is 0 Å². The van der Waals surface area contributed by atoms with Gasteiger partial charge in [-0.05, 0) is 98.2 Å². The summed E-state index contributed by atoms with van der Waals surface area (Å²) in [7, 11) is 0. The molecule has 0 spiro atoms. The lowest BCUT2D eigenvalue weighted by Gasteiger charge is -2.25. The van der Waals surface area contributed by atoms with Crippen LogP contribution in [-0.4, -0.2) is 24.8 Å². The maximum atomic E-state index is 13.9. The van der Waals surface area contributed by atoms with Crippen LogP contribution in [0.5, 0.6) is 0 Å². The number of aryl methyl sites for hydroxylation is 1. The van der Waals surface area contributed by atoms with Crippen molar-refractivity contribution in [2.24, 2.45) is 10.6 Å². The average Bonchev–Trinajstić information content (AvgIpc) is 3.64. The lowest BCUT2D eigenvalue weighted by atomic mass is 9.81. The first-order valence-electron chi connectivity index (χ1n) is 14.6. The van der Waals surface area contributed by atoms with E-state index in [0.29, 0.717) is 30.0 Å². The molecule has 0 bridgehead atoms. The molecule has 3 aliphatic carbocycles. The van der Waals surface area contributed by atoms with Crippen LogP contribution in [0, 0.1) is 5.41 Å². The standard InChI is InChI=1S/C32H39F3N2O3/c1-3-39-30(38)31(15-16-31)20-36-29-14-11-25-18-24(10-13-27(25)29)21(2)37-40-19-22-9-12-26(23-7-5-4-6-8-23)28(17-22)32(33,34)35/h9-10,12-13,17-18,23,29,36H,3-8,11,14-16,19-20H2,1-2H3/b37-21+. The number of benzene rings is 2. The summed E-state index contributed by atoms with van der Waals surface area (Å²) < 4.78 is 46.9. The van der Waals surface area contributed by atoms with Crippen LogP contribution in [0.3, 0.4) is 0 Å². The second-order valence-electron chi connectivity index (χ2n) is 11.6. The molecule has 5 nitrogen and oxygen atoms in total. The van der Waals surface area contributed by atoms with Gasteiger partial charge in [0.25, 0.3) is 0 Å². The molecule has 0 saturated heterocycles. The van der Waals surface area contributed by atoms with E-state index in [1.54, 1.807) is 12.1 Å². The number of ether oxygens (including phenoxy) is 1. The molecule has 2 saturated carbocycles. The maximum Gasteiger partial charge on any atom is 0.416 e. The van der Waals surface area contributed by atoms with E-state index in [-0.39, 0.29) is 30.0 Å². The topological polar surface area (TPSA) is 59.9 Å². The molecule has 0 aromatic heterocycles. The average molecular weight is 557 g/mol. The van der Waals surface area contributed by atoms with Gasteiger partial charge in [0.2, 0.25) is 0 Å². The Kier molecular flexibility index (Phi) is 8.55. The van der Waals surface area contributed by atoms with Crippen molar-refractivity contribution < 1.29 is 27.5 Å². The van der Waals surface area contributed by atoms with E-state index in [9.17, 15) is 18.0 Å². The van der Waals surface area contributed by atoms with Gasteiger partial charge >= 0.3 is 12.1 Å². The highest BCUT2D eigenvalue weighted by molar-refractivity contribution is 5.98. The fourth-order valence-corrected chi connectivity index (χ4v) is 6.23. The number of oxime groups is 1. The monoisotopic (exact) mass is 556 g/mol. The third-order valence-electron chi connectivity index (χ3n) is 8.79. The molecule has 40 heavy (non-hydrogen) atoms. The van der Waals surface area contributed by atoms with Crippen molar-refractivity contribution in [2.45, 2.75) is 96.4 Å². The zero-order chi connectivity index (χ0) is 28.3. The summed E-state index contributed by atoms with van der Waals surface area (Å²) in [6, 6.07) is 11.0. The van der Waals surface area contributed by atoms with Gasteiger partial charge in [0.1, 0.15) is 6.61 Å². The molecule has 2 fully saturated rings. The summed E-state index contributed by atoms with van der Waals surface area (Å²) in [5, 5.41) is 7.81. The van der Waals surface area contributed by atoms with E-state index in [1.807, 2.05) is 19.9 Å². The van der Waals surface area contributed by atoms with E-state index in [4.69, 9.17) is 9.57 Å². The first-order chi connectivity index (χ1) is 19.2. The molecule has 2 aromatic carbocycles. The van der Waals surface area contributed by atoms with Crippen molar-refractivity contribution in [3.05, 3.63) is 69.8 Å². The summed E-state index contributed by atoms with van der Waals surface area (Å²) in [4.78, 5) is 17.8. The number of nitrogens with zero attached hydrogens (tertiary/aromatic N) is 1. The fraction of sp³-hybridized carbons (Fsp3) is 0.562. The maximum absolute atomic E-state index is 13.9. The Labute approximate surface area is 234 Å². The molecule has 1 N–H and O–H groups in total. The molecule has 8 heteroatoms. The van der Waals surface area contributed by atoms with Gasteiger partial charge in [-0.3, -0.25) is 4.79 Å². The molecule has 216 valence electrons. The molecule has 3 aliphatic rings. The Morgan fingerprint density at radius 1 is 1.05 bits per heavy atom. The molecule has 0 aliphatic heterocycles. The zero-order valence-corrected chi connectivity index (χ0v) is 23.4. The number of halogens is 3. The van der Waals surface area contributed by atoms with Crippen molar-refractivity contribution in [3.8, 4) is 0 Å². The minimum atomic E-state index is -4.39. The number of hydrogen-bond acceptors (Lipinski definition) is 5. The highest BCUT2D eigenvalue weighted by Gasteiger charge is 2.51. The molecular formula is C32H39F3N2O3. The van der Waals surface area contributed by atoms with Gasteiger partial charge in [0.05, 0.1) is 23.3 Å². The Morgan fingerprint density at radius 3 is 2.50 bits per heavy atom. The number of alkyl halides is 3. The third kappa shape index (κ3) is 6.37. The van der Waals surface area contributed by atoms with Gasteiger partial charge in [-0.1, -0.05) is 48.7 Å². The quantitative estimate of drug-likeness (QED) is 0.186. The Balaban J connectivity index is 1.20. The smallest absolute Gasteiger partial charge is 0.416 e. The van der Waals surface area contributed by atoms with E-state index in [2.05, 4.69) is 22.6 Å². The van der Waals surface area contributed by atoms with Crippen molar-refractivity contribution >= 4 is 11.7 Å². The molecule has 5 rings (SSSR count). The van der Waals surface area contributed by atoms with E-state index in [1.165, 1.54) is 17.2 Å². The van der Waals surface area contributed by atoms with E-state index >= 15 is 0 Å². The second-order valence-corrected chi connectivity index (χ2v) is 11.6. The van der Waals surface area contributed by atoms with Crippen LogP contribution in [0.1, 0.15) is 111 Å². The molecule has 1 atom stereocenters. The van der Waals surface area contributed by atoms with Crippen molar-refractivity contribution in [3.63, 3.8) is 0 Å². The number of rotatable bonds is 10. The van der Waals surface area contributed by atoms with Crippen LogP contribution in [0.2, 0.25) is 0 Å². The van der Waals surface area contributed by atoms with Gasteiger partial charge in [-0.25, -0.2) is 0 Å². The molecule has 0 radical (unpaired) electrons. The highest BCUT2D eigenvalue weighted by Crippen LogP contribution is 2.47. The third-order valence-corrected chi connectivity index (χ3v) is 8.79. The van der Waals surface area contributed by atoms with Crippen molar-refractivity contribution in [2.75, 3.05) is 13.2 Å². The number of fused-ring (bicyclic) bond motifs is 1. The minimum absolute atomic E-state index is 0.0233. The van der Waals surface area contributed by atoms with Gasteiger partial charge in [-0.15, -0.1) is 0 Å². The van der Waals surface area contributed by atoms with Crippen LogP contribution < -0.4 is 5.32 Å². The summed E-state index contributed by atoms with van der Waals surface area (Å²) in [6.45, 7) is 4.69. The minimum Gasteiger partial charge on any atom is -0.466 e.